The van der Waals surface area contributed by atoms with Gasteiger partial charge in [-0.05, 0) is 138 Å². The number of benzene rings is 2. The molecule has 2 heterocycles. The highest BCUT2D eigenvalue weighted by atomic mass is 19.4. The van der Waals surface area contributed by atoms with Gasteiger partial charge in [0.1, 0.15) is 0 Å². The number of likely N-dealkylation sites (tertiary alicyclic amines) is 2. The number of anilines is 2. The molecule has 0 aromatic heterocycles. The predicted molar refractivity (Wildman–Crippen MR) is 159 cm³/mol. The van der Waals surface area contributed by atoms with E-state index in [2.05, 4.69) is 15.1 Å². The summed E-state index contributed by atoms with van der Waals surface area (Å²) in [6, 6.07) is 7.65. The Hall–Kier alpha value is -2.79. The molecule has 2 aromatic carbocycles. The zero-order valence-electron chi connectivity index (χ0n) is 24.9. The first-order valence-electron chi connectivity index (χ1n) is 15.2. The molecule has 0 unspecified atom stereocenters. The van der Waals surface area contributed by atoms with Gasteiger partial charge in [-0.1, -0.05) is 12.8 Å². The second-order valence-electron chi connectivity index (χ2n) is 11.6. The van der Waals surface area contributed by atoms with Crippen molar-refractivity contribution in [3.63, 3.8) is 0 Å². The van der Waals surface area contributed by atoms with Crippen molar-refractivity contribution in [2.75, 3.05) is 50.3 Å². The van der Waals surface area contributed by atoms with Crippen molar-refractivity contribution in [1.82, 2.24) is 9.80 Å². The molecular formula is C32H44F6N4O. The number of nitrogens with two attached hydrogens (primary N) is 1. The van der Waals surface area contributed by atoms with Gasteiger partial charge in [0.2, 0.25) is 5.91 Å². The van der Waals surface area contributed by atoms with E-state index in [-0.39, 0.29) is 17.3 Å². The number of amides is 1. The molecule has 2 aromatic rings. The van der Waals surface area contributed by atoms with Gasteiger partial charge >= 0.3 is 12.4 Å². The first-order valence-corrected chi connectivity index (χ1v) is 15.2. The van der Waals surface area contributed by atoms with Gasteiger partial charge in [-0.15, -0.1) is 0 Å². The molecule has 240 valence electrons. The highest BCUT2D eigenvalue weighted by Crippen LogP contribution is 2.33. The van der Waals surface area contributed by atoms with Crippen LogP contribution in [0.1, 0.15) is 80.5 Å². The summed E-state index contributed by atoms with van der Waals surface area (Å²) in [7, 11) is 0. The number of hydrogen-bond acceptors (Lipinski definition) is 4. The Labute approximate surface area is 250 Å². The molecule has 3 N–H and O–H groups in total. The number of piperidine rings is 2. The van der Waals surface area contributed by atoms with Crippen LogP contribution in [0.25, 0.3) is 0 Å². The third-order valence-corrected chi connectivity index (χ3v) is 7.76. The Morgan fingerprint density at radius 3 is 1.58 bits per heavy atom. The van der Waals surface area contributed by atoms with Crippen molar-refractivity contribution < 1.29 is 31.1 Å². The average Bonchev–Trinajstić information content (AvgIpc) is 2.93. The van der Waals surface area contributed by atoms with Crippen LogP contribution in [-0.4, -0.2) is 55.0 Å². The van der Waals surface area contributed by atoms with Crippen molar-refractivity contribution >= 4 is 17.3 Å². The van der Waals surface area contributed by atoms with Crippen molar-refractivity contribution in [1.29, 1.82) is 0 Å². The van der Waals surface area contributed by atoms with E-state index in [4.69, 9.17) is 5.73 Å². The van der Waals surface area contributed by atoms with E-state index in [1.54, 1.807) is 12.1 Å². The molecule has 0 aliphatic carbocycles. The number of rotatable bonds is 9. The Balaban J connectivity index is 0.000000238. The number of carbonyl (C=O) groups excluding carboxylic acids is 1. The van der Waals surface area contributed by atoms with Gasteiger partial charge in [0.25, 0.3) is 0 Å². The first-order chi connectivity index (χ1) is 20.3. The fourth-order valence-electron chi connectivity index (χ4n) is 5.68. The summed E-state index contributed by atoms with van der Waals surface area (Å²) >= 11 is 0. The van der Waals surface area contributed by atoms with E-state index in [9.17, 15) is 31.1 Å². The van der Waals surface area contributed by atoms with Gasteiger partial charge in [-0.2, -0.15) is 26.3 Å². The van der Waals surface area contributed by atoms with Crippen LogP contribution in [0, 0.1) is 0 Å². The Morgan fingerprint density at radius 2 is 1.14 bits per heavy atom. The normalized spacial score (nSPS) is 16.8. The van der Waals surface area contributed by atoms with Crippen LogP contribution in [0.3, 0.4) is 0 Å². The van der Waals surface area contributed by atoms with Crippen LogP contribution in [-0.2, 0) is 30.0 Å². The Kier molecular flexibility index (Phi) is 13.2. The van der Waals surface area contributed by atoms with Gasteiger partial charge in [0.15, 0.2) is 0 Å². The van der Waals surface area contributed by atoms with E-state index < -0.39 is 23.5 Å². The van der Waals surface area contributed by atoms with Crippen molar-refractivity contribution in [2.45, 2.75) is 83.5 Å². The summed E-state index contributed by atoms with van der Waals surface area (Å²) in [5.74, 6) is -0.372. The van der Waals surface area contributed by atoms with Crippen LogP contribution < -0.4 is 11.1 Å². The lowest BCUT2D eigenvalue weighted by atomic mass is 10.0. The quantitative estimate of drug-likeness (QED) is 0.224. The fraction of sp³-hybridized carbons (Fsp3) is 0.594. The molecule has 2 aliphatic rings. The second-order valence-corrected chi connectivity index (χ2v) is 11.6. The number of hydrogen-bond donors (Lipinski definition) is 2. The molecule has 0 saturated carbocycles. The number of nitrogens with one attached hydrogen (secondary N) is 1. The molecule has 2 aliphatic heterocycles. The summed E-state index contributed by atoms with van der Waals surface area (Å²) in [6.07, 6.45) is 1.62. The van der Waals surface area contributed by atoms with Crippen molar-refractivity contribution in [3.05, 3.63) is 58.7 Å². The lowest BCUT2D eigenvalue weighted by molar-refractivity contribution is -0.138. The largest absolute Gasteiger partial charge is 0.416 e. The number of nitrogens with zero attached hydrogens (tertiary/aromatic N) is 2. The molecule has 11 heteroatoms. The van der Waals surface area contributed by atoms with Crippen LogP contribution in [0.15, 0.2) is 36.4 Å². The molecule has 2 saturated heterocycles. The maximum atomic E-state index is 13.0. The highest BCUT2D eigenvalue weighted by molar-refractivity contribution is 5.88. The third kappa shape index (κ3) is 12.8. The topological polar surface area (TPSA) is 61.6 Å². The van der Waals surface area contributed by atoms with Gasteiger partial charge in [0.05, 0.1) is 11.1 Å². The minimum absolute atomic E-state index is 0.188. The monoisotopic (exact) mass is 614 g/mol. The molecule has 1 amide bonds. The Morgan fingerprint density at radius 1 is 0.698 bits per heavy atom. The minimum atomic E-state index is -4.41. The zero-order valence-corrected chi connectivity index (χ0v) is 24.9. The maximum absolute atomic E-state index is 13.0. The number of nitrogen functional groups attached to an aromatic ring is 1. The van der Waals surface area contributed by atoms with Gasteiger partial charge in [-0.3, -0.25) is 4.79 Å². The fourth-order valence-corrected chi connectivity index (χ4v) is 5.68. The summed E-state index contributed by atoms with van der Waals surface area (Å²) in [5, 5.41) is 2.45. The van der Waals surface area contributed by atoms with Crippen LogP contribution >= 0.6 is 0 Å². The zero-order chi connectivity index (χ0) is 31.5. The Bertz CT molecular complexity index is 1160. The van der Waals surface area contributed by atoms with Crippen LogP contribution in [0.5, 0.6) is 0 Å². The number of carbonyl (C=O) groups is 1. The highest BCUT2D eigenvalue weighted by Gasteiger charge is 2.32. The van der Waals surface area contributed by atoms with Crippen molar-refractivity contribution in [3.8, 4) is 0 Å². The number of alkyl halides is 6. The third-order valence-electron chi connectivity index (χ3n) is 7.76. The predicted octanol–water partition coefficient (Wildman–Crippen LogP) is 7.79. The molecule has 0 atom stereocenters. The molecule has 0 bridgehead atoms. The first kappa shape index (κ1) is 34.7. The van der Waals surface area contributed by atoms with E-state index >= 15 is 0 Å². The number of aryl methyl sites for hydroxylation is 2. The molecule has 0 spiro atoms. The molecule has 0 radical (unpaired) electrons. The lowest BCUT2D eigenvalue weighted by Gasteiger charge is -2.26. The van der Waals surface area contributed by atoms with Crippen LogP contribution in [0.4, 0.5) is 37.7 Å². The molecule has 4 rings (SSSR count). The average molecular weight is 615 g/mol. The van der Waals surface area contributed by atoms with E-state index in [1.165, 1.54) is 57.6 Å². The number of halogens is 6. The van der Waals surface area contributed by atoms with Crippen LogP contribution in [0.2, 0.25) is 0 Å². The molecule has 43 heavy (non-hydrogen) atoms. The summed E-state index contributed by atoms with van der Waals surface area (Å²) < 4.78 is 77.0. The summed E-state index contributed by atoms with van der Waals surface area (Å²) in [5.41, 5.74) is 5.88. The minimum Gasteiger partial charge on any atom is -0.399 e. The SMILES string of the molecule is CC(=O)Nc1cc(CCCN2CCCCC2)cc(C(F)(F)F)c1.Nc1cc(CCCN2CCCCC2)cc(C(F)(F)F)c1. The second kappa shape index (κ2) is 16.3. The smallest absolute Gasteiger partial charge is 0.399 e. The van der Waals surface area contributed by atoms with Gasteiger partial charge in [-0.25, -0.2) is 0 Å². The van der Waals surface area contributed by atoms with Crippen molar-refractivity contribution in [2.24, 2.45) is 0 Å². The molecule has 5 nitrogen and oxygen atoms in total. The van der Waals surface area contributed by atoms with E-state index in [0.29, 0.717) is 24.0 Å². The summed E-state index contributed by atoms with van der Waals surface area (Å²) in [4.78, 5) is 15.9. The lowest BCUT2D eigenvalue weighted by Crippen LogP contribution is -2.30. The van der Waals surface area contributed by atoms with Gasteiger partial charge < -0.3 is 20.9 Å². The van der Waals surface area contributed by atoms with E-state index in [1.807, 2.05) is 0 Å². The molecular weight excluding hydrogens is 570 g/mol. The maximum Gasteiger partial charge on any atom is 0.416 e. The molecule has 2 fully saturated rings. The summed E-state index contributed by atoms with van der Waals surface area (Å²) in [6.45, 7) is 7.55. The van der Waals surface area contributed by atoms with E-state index in [0.717, 1.165) is 64.2 Å². The standard InChI is InChI=1S/C17H23F3N2O.C15H21F3N2/c1-13(23)21-16-11-14(10-15(12-16)17(18,19)20)6-5-9-22-7-3-2-4-8-22;16-15(17,18)13-9-12(10-14(19)11-13)5-4-8-20-6-2-1-3-7-20/h10-12H,2-9H2,1H3,(H,21,23);9-11H,1-8,19H2. The van der Waals surface area contributed by atoms with Gasteiger partial charge in [0, 0.05) is 18.3 Å².